The zero-order chi connectivity index (χ0) is 23.1. The quantitative estimate of drug-likeness (QED) is 0.322. The number of rotatable bonds is 16. The molecular formula is C24H30FN3O5. The summed E-state index contributed by atoms with van der Waals surface area (Å²) in [5.74, 6) is 0.936. The molecule has 2 aromatic carbocycles. The van der Waals surface area contributed by atoms with Crippen LogP contribution in [0.4, 0.5) is 10.1 Å². The van der Waals surface area contributed by atoms with E-state index < -0.39 is 6.67 Å². The Hall–Kier alpha value is -2.85. The molecule has 0 radical (unpaired) electrons. The molecule has 8 nitrogen and oxygen atoms in total. The average molecular weight is 460 g/mol. The highest BCUT2D eigenvalue weighted by Crippen LogP contribution is 2.25. The van der Waals surface area contributed by atoms with E-state index in [2.05, 4.69) is 15.5 Å². The van der Waals surface area contributed by atoms with Gasteiger partial charge in [-0.05, 0) is 42.0 Å². The second-order valence-corrected chi connectivity index (χ2v) is 7.02. The van der Waals surface area contributed by atoms with Gasteiger partial charge in [-0.3, -0.25) is 0 Å². The highest BCUT2D eigenvalue weighted by Gasteiger charge is 2.11. The van der Waals surface area contributed by atoms with E-state index in [-0.39, 0.29) is 6.61 Å². The summed E-state index contributed by atoms with van der Waals surface area (Å²) < 4.78 is 39.1. The average Bonchev–Trinajstić information content (AvgIpc) is 3.35. The molecule has 0 unspecified atom stereocenters. The zero-order valence-corrected chi connectivity index (χ0v) is 18.8. The first-order valence-electron chi connectivity index (χ1n) is 10.9. The van der Waals surface area contributed by atoms with Crippen LogP contribution in [0.25, 0.3) is 22.9 Å². The summed E-state index contributed by atoms with van der Waals surface area (Å²) in [6, 6.07) is 15.6. The maximum Gasteiger partial charge on any atom is 0.248 e. The summed E-state index contributed by atoms with van der Waals surface area (Å²) >= 11 is 0. The second kappa shape index (κ2) is 14.3. The predicted octanol–water partition coefficient (Wildman–Crippen LogP) is 3.98. The zero-order valence-electron chi connectivity index (χ0n) is 18.8. The van der Waals surface area contributed by atoms with Crippen LogP contribution in [0.2, 0.25) is 0 Å². The summed E-state index contributed by atoms with van der Waals surface area (Å²) in [6.45, 7) is 2.79. The van der Waals surface area contributed by atoms with E-state index in [1.807, 2.05) is 55.6 Å². The van der Waals surface area contributed by atoms with Crippen molar-refractivity contribution >= 4 is 5.69 Å². The van der Waals surface area contributed by atoms with Gasteiger partial charge < -0.3 is 28.7 Å². The standard InChI is InChI=1S/C24H30FN3O5/c1-26-22-7-5-20(6-8-22)23-27-28-24(33-23)21-4-2-3-19(17-21)18-32-16-15-31-14-13-30-12-11-29-10-9-25/h2-8,17,26H,9-16,18H2,1H3. The lowest BCUT2D eigenvalue weighted by Crippen LogP contribution is -2.12. The first-order valence-corrected chi connectivity index (χ1v) is 10.9. The molecule has 0 aliphatic heterocycles. The molecule has 0 atom stereocenters. The Morgan fingerprint density at radius 1 is 0.758 bits per heavy atom. The number of benzene rings is 2. The minimum Gasteiger partial charge on any atom is -0.416 e. The van der Waals surface area contributed by atoms with Gasteiger partial charge in [-0.25, -0.2) is 4.39 Å². The lowest BCUT2D eigenvalue weighted by molar-refractivity contribution is -0.00513. The smallest absolute Gasteiger partial charge is 0.248 e. The third kappa shape index (κ3) is 8.54. The SMILES string of the molecule is CNc1ccc(-c2nnc(-c3cccc(COCCOCCOCCOCCF)c3)o2)cc1. The van der Waals surface area contributed by atoms with Gasteiger partial charge in [0.15, 0.2) is 0 Å². The fourth-order valence-corrected chi connectivity index (χ4v) is 2.93. The Morgan fingerprint density at radius 2 is 1.36 bits per heavy atom. The van der Waals surface area contributed by atoms with Crippen molar-refractivity contribution in [1.82, 2.24) is 10.2 Å². The van der Waals surface area contributed by atoms with Gasteiger partial charge >= 0.3 is 0 Å². The van der Waals surface area contributed by atoms with Crippen LogP contribution >= 0.6 is 0 Å². The summed E-state index contributed by atoms with van der Waals surface area (Å²) in [5, 5.41) is 11.4. The number of anilines is 1. The van der Waals surface area contributed by atoms with Gasteiger partial charge in [0.1, 0.15) is 6.67 Å². The molecule has 1 heterocycles. The fourth-order valence-electron chi connectivity index (χ4n) is 2.93. The minimum absolute atomic E-state index is 0.113. The van der Waals surface area contributed by atoms with E-state index in [0.717, 1.165) is 22.4 Å². The topological polar surface area (TPSA) is 87.9 Å². The maximum absolute atomic E-state index is 11.8. The van der Waals surface area contributed by atoms with Crippen molar-refractivity contribution in [1.29, 1.82) is 0 Å². The molecule has 0 fully saturated rings. The van der Waals surface area contributed by atoms with Gasteiger partial charge in [0.05, 0.1) is 52.9 Å². The number of aromatic nitrogens is 2. The van der Waals surface area contributed by atoms with E-state index in [1.54, 1.807) is 0 Å². The third-order valence-electron chi connectivity index (χ3n) is 4.63. The van der Waals surface area contributed by atoms with E-state index in [4.69, 9.17) is 23.4 Å². The molecule has 0 bridgehead atoms. The lowest BCUT2D eigenvalue weighted by atomic mass is 10.1. The third-order valence-corrected chi connectivity index (χ3v) is 4.63. The number of nitrogens with zero attached hydrogens (tertiary/aromatic N) is 2. The number of hydrogen-bond donors (Lipinski definition) is 1. The molecular weight excluding hydrogens is 429 g/mol. The van der Waals surface area contributed by atoms with E-state index in [9.17, 15) is 4.39 Å². The summed E-state index contributed by atoms with van der Waals surface area (Å²) in [6.07, 6.45) is 0. The highest BCUT2D eigenvalue weighted by molar-refractivity contribution is 5.61. The molecule has 0 spiro atoms. The monoisotopic (exact) mass is 459 g/mol. The van der Waals surface area contributed by atoms with Crippen LogP contribution in [0.5, 0.6) is 0 Å². The van der Waals surface area contributed by atoms with E-state index >= 15 is 0 Å². The number of hydrogen-bond acceptors (Lipinski definition) is 8. The lowest BCUT2D eigenvalue weighted by Gasteiger charge is -2.07. The number of ether oxygens (including phenoxy) is 4. The van der Waals surface area contributed by atoms with Crippen molar-refractivity contribution in [3.8, 4) is 22.9 Å². The molecule has 33 heavy (non-hydrogen) atoms. The summed E-state index contributed by atoms with van der Waals surface area (Å²) in [7, 11) is 1.87. The van der Waals surface area contributed by atoms with Crippen LogP contribution in [0, 0.1) is 0 Å². The van der Waals surface area contributed by atoms with Gasteiger partial charge in [0, 0.05) is 23.9 Å². The van der Waals surface area contributed by atoms with Crippen LogP contribution in [0.15, 0.2) is 52.9 Å². The number of halogens is 1. The largest absolute Gasteiger partial charge is 0.416 e. The van der Waals surface area contributed by atoms with Crippen molar-refractivity contribution in [3.05, 3.63) is 54.1 Å². The Morgan fingerprint density at radius 3 is 2.00 bits per heavy atom. The Kier molecular flexibility index (Phi) is 10.8. The molecule has 0 saturated heterocycles. The fraction of sp³-hybridized carbons (Fsp3) is 0.417. The van der Waals surface area contributed by atoms with Crippen molar-refractivity contribution in [3.63, 3.8) is 0 Å². The van der Waals surface area contributed by atoms with Gasteiger partial charge in [-0.1, -0.05) is 12.1 Å². The Bertz CT molecular complexity index is 936. The van der Waals surface area contributed by atoms with Gasteiger partial charge in [-0.15, -0.1) is 10.2 Å². The highest BCUT2D eigenvalue weighted by atomic mass is 19.1. The van der Waals surface area contributed by atoms with Gasteiger partial charge in [0.25, 0.3) is 0 Å². The second-order valence-electron chi connectivity index (χ2n) is 7.02. The molecule has 3 rings (SSSR count). The van der Waals surface area contributed by atoms with Crippen LogP contribution < -0.4 is 5.32 Å². The number of alkyl halides is 1. The predicted molar refractivity (Wildman–Crippen MR) is 123 cm³/mol. The molecule has 178 valence electrons. The molecule has 0 saturated carbocycles. The van der Waals surface area contributed by atoms with Crippen LogP contribution in [0.3, 0.4) is 0 Å². The van der Waals surface area contributed by atoms with Crippen molar-refractivity contribution in [2.24, 2.45) is 0 Å². The van der Waals surface area contributed by atoms with Crippen molar-refractivity contribution < 1.29 is 27.8 Å². The minimum atomic E-state index is -0.475. The summed E-state index contributed by atoms with van der Waals surface area (Å²) in [4.78, 5) is 0. The molecule has 1 aromatic heterocycles. The normalized spacial score (nSPS) is 11.1. The maximum atomic E-state index is 11.8. The van der Waals surface area contributed by atoms with E-state index in [1.165, 1.54) is 0 Å². The molecule has 0 aliphatic rings. The van der Waals surface area contributed by atoms with Crippen LogP contribution in [-0.4, -0.2) is 70.2 Å². The Labute approximate surface area is 193 Å². The molecule has 0 amide bonds. The molecule has 1 N–H and O–H groups in total. The Balaban J connectivity index is 1.36. The van der Waals surface area contributed by atoms with Gasteiger partial charge in [0.2, 0.25) is 11.8 Å². The van der Waals surface area contributed by atoms with Crippen molar-refractivity contribution in [2.45, 2.75) is 6.61 Å². The van der Waals surface area contributed by atoms with Crippen molar-refractivity contribution in [2.75, 3.05) is 65.3 Å². The van der Waals surface area contributed by atoms with Gasteiger partial charge in [-0.2, -0.15) is 0 Å². The summed E-state index contributed by atoms with van der Waals surface area (Å²) in [5.41, 5.74) is 3.72. The first-order chi connectivity index (χ1) is 16.3. The molecule has 0 aliphatic carbocycles. The molecule has 9 heteroatoms. The van der Waals surface area contributed by atoms with Crippen LogP contribution in [0.1, 0.15) is 5.56 Å². The molecule has 3 aromatic rings. The van der Waals surface area contributed by atoms with Crippen LogP contribution in [-0.2, 0) is 25.6 Å². The first kappa shape index (κ1) is 24.8. The van der Waals surface area contributed by atoms with E-state index in [0.29, 0.717) is 58.0 Å². The number of nitrogens with one attached hydrogen (secondary N) is 1.